The average molecular weight is 184 g/mol. The van der Waals surface area contributed by atoms with Crippen molar-refractivity contribution in [1.82, 2.24) is 10.2 Å². The molecule has 2 saturated heterocycles. The maximum Gasteiger partial charge on any atom is 0.236 e. The molecule has 0 radical (unpaired) electrons. The second-order valence-electron chi connectivity index (χ2n) is 3.63. The van der Waals surface area contributed by atoms with Gasteiger partial charge in [-0.25, -0.2) is 0 Å². The quantitative estimate of drug-likeness (QED) is 0.603. The van der Waals surface area contributed by atoms with Gasteiger partial charge >= 0.3 is 0 Å². The minimum atomic E-state index is 0.230. The summed E-state index contributed by atoms with van der Waals surface area (Å²) in [6.07, 6.45) is 2.06. The first-order valence-corrected chi connectivity index (χ1v) is 4.96. The zero-order chi connectivity index (χ0) is 9.10. The van der Waals surface area contributed by atoms with Gasteiger partial charge in [0.15, 0.2) is 0 Å². The Balaban J connectivity index is 1.97. The van der Waals surface area contributed by atoms with Crippen LogP contribution in [0.25, 0.3) is 0 Å². The minimum absolute atomic E-state index is 0.230. The van der Waals surface area contributed by atoms with Crippen molar-refractivity contribution >= 4 is 5.91 Å². The number of nitrogens with one attached hydrogen (secondary N) is 1. The molecule has 13 heavy (non-hydrogen) atoms. The lowest BCUT2D eigenvalue weighted by molar-refractivity contribution is -0.131. The molecule has 0 aromatic heterocycles. The van der Waals surface area contributed by atoms with Gasteiger partial charge in [0.05, 0.1) is 19.2 Å². The lowest BCUT2D eigenvalue weighted by atomic mass is 10.2. The minimum Gasteiger partial charge on any atom is -0.379 e. The average Bonchev–Trinajstić information content (AvgIpc) is 2.56. The van der Waals surface area contributed by atoms with Crippen molar-refractivity contribution in [2.24, 2.45) is 0 Å². The van der Waals surface area contributed by atoms with Gasteiger partial charge < -0.3 is 15.0 Å². The second kappa shape index (κ2) is 4.07. The third-order valence-corrected chi connectivity index (χ3v) is 2.70. The molecule has 2 fully saturated rings. The Kier molecular flexibility index (Phi) is 2.80. The van der Waals surface area contributed by atoms with Crippen molar-refractivity contribution in [3.8, 4) is 0 Å². The molecule has 2 aliphatic heterocycles. The number of rotatable bonds is 1. The Labute approximate surface area is 78.2 Å². The highest BCUT2D eigenvalue weighted by molar-refractivity contribution is 5.78. The van der Waals surface area contributed by atoms with Gasteiger partial charge in [0, 0.05) is 13.2 Å². The van der Waals surface area contributed by atoms with Crippen molar-refractivity contribution in [3.63, 3.8) is 0 Å². The molecule has 1 amide bonds. The summed E-state index contributed by atoms with van der Waals surface area (Å²) in [4.78, 5) is 13.6. The summed E-state index contributed by atoms with van der Waals surface area (Å²) in [6.45, 7) is 3.87. The van der Waals surface area contributed by atoms with Gasteiger partial charge in [-0.2, -0.15) is 0 Å². The maximum atomic E-state index is 11.6. The molecular formula is C9H16N2O2. The zero-order valence-electron chi connectivity index (χ0n) is 7.79. The monoisotopic (exact) mass is 184 g/mol. The molecule has 4 nitrogen and oxygen atoms in total. The fourth-order valence-corrected chi connectivity index (χ4v) is 1.95. The van der Waals surface area contributed by atoms with Gasteiger partial charge in [-0.05, 0) is 19.4 Å². The lowest BCUT2D eigenvalue weighted by Crippen LogP contribution is -2.42. The molecule has 2 heterocycles. The van der Waals surface area contributed by atoms with Crippen molar-refractivity contribution < 1.29 is 9.53 Å². The summed E-state index contributed by atoms with van der Waals surface area (Å²) in [5.41, 5.74) is 0. The molecule has 4 heteroatoms. The van der Waals surface area contributed by atoms with Gasteiger partial charge in [0.2, 0.25) is 5.91 Å². The molecule has 0 aromatic carbocycles. The summed E-state index contributed by atoms with van der Waals surface area (Å²) >= 11 is 0. The predicted molar refractivity (Wildman–Crippen MR) is 48.4 cm³/mol. The number of amides is 1. The second-order valence-corrected chi connectivity index (χ2v) is 3.63. The number of hydrogen-bond donors (Lipinski definition) is 1. The van der Waals surface area contributed by atoms with Gasteiger partial charge in [-0.15, -0.1) is 0 Å². The van der Waals surface area contributed by atoms with Crippen LogP contribution in [0.4, 0.5) is 0 Å². The van der Waals surface area contributed by atoms with Crippen LogP contribution in [0.1, 0.15) is 12.8 Å². The van der Waals surface area contributed by atoms with Gasteiger partial charge in [-0.3, -0.25) is 4.79 Å². The zero-order valence-corrected chi connectivity index (χ0v) is 7.79. The lowest BCUT2D eigenvalue weighted by Gasteiger charge is -2.25. The number of nitrogens with zero attached hydrogens (tertiary/aromatic N) is 1. The number of carbonyl (C=O) groups is 1. The topological polar surface area (TPSA) is 41.6 Å². The van der Waals surface area contributed by atoms with E-state index in [-0.39, 0.29) is 5.91 Å². The summed E-state index contributed by atoms with van der Waals surface area (Å²) in [5, 5.41) is 3.12. The SMILES string of the molecule is O=C1CNCCCN1C1CCOC1. The number of carbonyl (C=O) groups excluding carboxylic acids is 1. The smallest absolute Gasteiger partial charge is 0.236 e. The molecule has 0 aromatic rings. The van der Waals surface area contributed by atoms with Gasteiger partial charge in [0.25, 0.3) is 0 Å². The van der Waals surface area contributed by atoms with E-state index in [1.807, 2.05) is 4.90 Å². The Morgan fingerprint density at radius 2 is 2.46 bits per heavy atom. The third kappa shape index (κ3) is 2.00. The van der Waals surface area contributed by atoms with Crippen LogP contribution in [0.5, 0.6) is 0 Å². The molecular weight excluding hydrogens is 168 g/mol. The Bertz CT molecular complexity index is 190. The largest absolute Gasteiger partial charge is 0.379 e. The third-order valence-electron chi connectivity index (χ3n) is 2.70. The summed E-state index contributed by atoms with van der Waals surface area (Å²) in [7, 11) is 0. The molecule has 0 aliphatic carbocycles. The first-order chi connectivity index (χ1) is 6.38. The highest BCUT2D eigenvalue weighted by Crippen LogP contribution is 2.13. The summed E-state index contributed by atoms with van der Waals surface area (Å²) in [5.74, 6) is 0.230. The molecule has 74 valence electrons. The molecule has 2 aliphatic rings. The molecule has 1 N–H and O–H groups in total. The van der Waals surface area contributed by atoms with E-state index in [0.29, 0.717) is 12.6 Å². The molecule has 0 spiro atoms. The van der Waals surface area contributed by atoms with Crippen molar-refractivity contribution in [2.75, 3.05) is 32.8 Å². The van der Waals surface area contributed by atoms with Crippen LogP contribution in [-0.4, -0.2) is 49.7 Å². The summed E-state index contributed by atoms with van der Waals surface area (Å²) < 4.78 is 5.29. The number of ether oxygens (including phenoxy) is 1. The van der Waals surface area contributed by atoms with E-state index in [9.17, 15) is 4.79 Å². The van der Waals surface area contributed by atoms with Crippen LogP contribution in [0.3, 0.4) is 0 Å². The van der Waals surface area contributed by atoms with Crippen LogP contribution in [-0.2, 0) is 9.53 Å². The number of hydrogen-bond acceptors (Lipinski definition) is 3. The predicted octanol–water partition coefficient (Wildman–Crippen LogP) is -0.403. The van der Waals surface area contributed by atoms with Crippen LogP contribution >= 0.6 is 0 Å². The molecule has 1 unspecified atom stereocenters. The standard InChI is InChI=1S/C9H16N2O2/c12-9-6-10-3-1-4-11(9)8-2-5-13-7-8/h8,10H,1-7H2. The Morgan fingerprint density at radius 3 is 3.23 bits per heavy atom. The van der Waals surface area contributed by atoms with Gasteiger partial charge in [-0.1, -0.05) is 0 Å². The molecule has 0 bridgehead atoms. The molecule has 1 atom stereocenters. The molecule has 2 rings (SSSR count). The normalized spacial score (nSPS) is 30.6. The van der Waals surface area contributed by atoms with Crippen LogP contribution in [0.2, 0.25) is 0 Å². The van der Waals surface area contributed by atoms with E-state index >= 15 is 0 Å². The highest BCUT2D eigenvalue weighted by atomic mass is 16.5. The Hall–Kier alpha value is -0.610. The van der Waals surface area contributed by atoms with Gasteiger partial charge in [0.1, 0.15) is 0 Å². The van der Waals surface area contributed by atoms with E-state index in [1.54, 1.807) is 0 Å². The van der Waals surface area contributed by atoms with E-state index < -0.39 is 0 Å². The van der Waals surface area contributed by atoms with E-state index in [2.05, 4.69) is 5.32 Å². The van der Waals surface area contributed by atoms with E-state index in [1.165, 1.54) is 0 Å². The highest BCUT2D eigenvalue weighted by Gasteiger charge is 2.27. The van der Waals surface area contributed by atoms with E-state index in [4.69, 9.17) is 4.74 Å². The first kappa shape index (κ1) is 8.97. The fraction of sp³-hybridized carbons (Fsp3) is 0.889. The van der Waals surface area contributed by atoms with Crippen molar-refractivity contribution in [3.05, 3.63) is 0 Å². The maximum absolute atomic E-state index is 11.6. The van der Waals surface area contributed by atoms with Crippen LogP contribution in [0, 0.1) is 0 Å². The first-order valence-electron chi connectivity index (χ1n) is 4.96. The fourth-order valence-electron chi connectivity index (χ4n) is 1.95. The van der Waals surface area contributed by atoms with Crippen molar-refractivity contribution in [1.29, 1.82) is 0 Å². The molecule has 0 saturated carbocycles. The van der Waals surface area contributed by atoms with E-state index in [0.717, 1.165) is 39.1 Å². The van der Waals surface area contributed by atoms with Crippen molar-refractivity contribution in [2.45, 2.75) is 18.9 Å². The van der Waals surface area contributed by atoms with Crippen LogP contribution in [0.15, 0.2) is 0 Å². The summed E-state index contributed by atoms with van der Waals surface area (Å²) in [6, 6.07) is 0.340. The van der Waals surface area contributed by atoms with Crippen LogP contribution < -0.4 is 5.32 Å². The Morgan fingerprint density at radius 1 is 1.54 bits per heavy atom.